The molecular weight excluding hydrogens is 1440 g/mol. The number of carboxylic acid groups (broad SMARTS) is 2. The van der Waals surface area contributed by atoms with Crippen molar-refractivity contribution in [2.75, 3.05) is 26.2 Å². The van der Waals surface area contributed by atoms with Gasteiger partial charge in [-0.3, -0.25) is 68.4 Å². The number of aromatic hydroxyl groups is 1. The molecule has 0 aromatic heterocycles. The lowest BCUT2D eigenvalue weighted by Gasteiger charge is -2.30. The minimum Gasteiger partial charge on any atom is -0.508 e. The number of phenols is 1. The van der Waals surface area contributed by atoms with Gasteiger partial charge in [0.1, 0.15) is 72.2 Å². The topological polar surface area (TPSA) is 657 Å². The van der Waals surface area contributed by atoms with Gasteiger partial charge in [-0.05, 0) is 158 Å². The molecule has 11 amide bonds. The van der Waals surface area contributed by atoms with Crippen LogP contribution in [-0.2, 0) is 75.2 Å². The minimum atomic E-state index is -1.84. The molecule has 0 aliphatic heterocycles. The van der Waals surface area contributed by atoms with E-state index in [0.717, 1.165) is 0 Å². The van der Waals surface area contributed by atoms with E-state index in [1.807, 2.05) is 0 Å². The lowest BCUT2D eigenvalue weighted by molar-refractivity contribution is -0.143. The van der Waals surface area contributed by atoms with Crippen LogP contribution in [0.25, 0.3) is 0 Å². The fraction of sp³-hybridized carbons (Fsp3) is 0.630. The second-order valence-corrected chi connectivity index (χ2v) is 28.9. The second-order valence-electron chi connectivity index (χ2n) is 28.9. The molecule has 2 aromatic rings. The Bertz CT molecular complexity index is 3350. The second kappa shape index (κ2) is 51.2. The van der Waals surface area contributed by atoms with E-state index in [-0.39, 0.29) is 132 Å². The van der Waals surface area contributed by atoms with Crippen LogP contribution in [-0.4, -0.2) is 225 Å². The summed E-state index contributed by atoms with van der Waals surface area (Å²) in [5.74, 6) is -14.9. The number of carbonyl (C=O) groups excluding carboxylic acids is 11. The van der Waals surface area contributed by atoms with Crippen LogP contribution in [0.15, 0.2) is 54.6 Å². The molecule has 0 heterocycles. The molecule has 111 heavy (non-hydrogen) atoms. The van der Waals surface area contributed by atoms with Gasteiger partial charge in [-0.15, -0.1) is 0 Å². The van der Waals surface area contributed by atoms with E-state index in [1.165, 1.54) is 38.1 Å². The van der Waals surface area contributed by atoms with Gasteiger partial charge in [0.25, 0.3) is 0 Å². The van der Waals surface area contributed by atoms with E-state index in [1.54, 1.807) is 71.9 Å². The molecule has 0 fully saturated rings. The maximum atomic E-state index is 15.0. The normalized spacial score (nSPS) is 15.0. The third-order valence-electron chi connectivity index (χ3n) is 17.5. The number of phenolic OH excluding ortho intramolecular Hbond substituents is 1. The first-order valence-electron chi connectivity index (χ1n) is 37.6. The number of carboxylic acids is 2. The number of rotatable bonds is 54. The van der Waals surface area contributed by atoms with Crippen molar-refractivity contribution in [2.24, 2.45) is 46.4 Å². The highest BCUT2D eigenvalue weighted by atomic mass is 16.4. The fourth-order valence-corrected chi connectivity index (χ4v) is 11.5. The van der Waals surface area contributed by atoms with Gasteiger partial charge in [0.05, 0.1) is 18.2 Å². The van der Waals surface area contributed by atoms with Crippen LogP contribution in [0.5, 0.6) is 5.75 Å². The monoisotopic (exact) mass is 1570 g/mol. The van der Waals surface area contributed by atoms with Crippen molar-refractivity contribution in [1.82, 2.24) is 69.1 Å². The average molecular weight is 1570 g/mol. The summed E-state index contributed by atoms with van der Waals surface area (Å²) in [5.41, 5.74) is 29.5. The number of aliphatic carboxylic acids is 2. The molecule has 0 radical (unpaired) electrons. The fourth-order valence-electron chi connectivity index (χ4n) is 11.5. The number of unbranched alkanes of at least 4 members (excludes halogenated alkanes) is 2. The van der Waals surface area contributed by atoms with E-state index in [0.29, 0.717) is 36.8 Å². The van der Waals surface area contributed by atoms with Gasteiger partial charge in [0, 0.05) is 32.4 Å². The standard InChI is InChI=1S/C73H122N20O18/c1-39(2)34-52(64(103)85-49(22-13-15-31-75)63(102)92-58(42(7)94)69(108)90-53(35-40(3)4)65(104)86-51(71(110)111)28-29-57(97)98)88-66(105)55(38-45-24-26-46(96)27-25-45)89-67(106)56(37-44-18-10-9-11-19-44)91-70(109)59(43(8)95)93-68(107)54(36-41(5)6)87-62(101)48(21-12-14-30-74)84-61(100)50(23-17-33-82-73(79)80)83-60(99)47(76)20-16-32-81-72(77)78/h9-11,18-19,24-27,39-43,47-56,58-59,94-96H,12-17,20-23,28-38,74-76H2,1-8H3,(H,83,99)(H,84,100)(H,85,103)(H,86,104)(H,87,101)(H,88,105)(H,89,106)(H,90,108)(H,91,109)(H,92,102)(H,93,107)(H,97,98)(H,110,111)(H4,77,78,81)(H4,79,80,82)/t42-,43-,47+,48+,49+,50+,51+,52+,53+,54+,55+,56+,58+,59+/m1/s1. The number of aliphatic hydroxyl groups excluding tert-OH is 2. The Kier molecular flexibility index (Phi) is 44.6. The summed E-state index contributed by atoms with van der Waals surface area (Å²) >= 11 is 0. The third kappa shape index (κ3) is 38.7. The first-order chi connectivity index (χ1) is 52.3. The number of nitrogens with two attached hydrogens (primary N) is 5. The minimum absolute atomic E-state index is 0.0000801. The molecule has 0 spiro atoms. The SMILES string of the molecule is CC(C)C[C@H](NC(=O)[C@H](Cc1ccc(O)cc1)NC(=O)[C@H](Cc1ccccc1)NC(=O)[C@@H](NC(=O)[C@H](CC(C)C)NC(=O)[C@H](CCCCN)NC(=O)[C@H](CCCNC(=N)N)NC(=O)[C@@H](N)CCCNC(=N)N)[C@@H](C)O)C(=O)N[C@@H](CCCCN)C(=O)N[C@H](C(=O)N[C@@H](CC(C)C)C(=O)N[C@@H](CCC(=O)O)C(=O)O)[C@@H](C)O. The third-order valence-corrected chi connectivity index (χ3v) is 17.5. The molecule has 0 saturated carbocycles. The smallest absolute Gasteiger partial charge is 0.326 e. The van der Waals surface area contributed by atoms with Gasteiger partial charge >= 0.3 is 11.9 Å². The van der Waals surface area contributed by atoms with E-state index >= 15 is 4.79 Å². The summed E-state index contributed by atoms with van der Waals surface area (Å²) < 4.78 is 0. The highest BCUT2D eigenvalue weighted by Crippen LogP contribution is 2.17. The van der Waals surface area contributed by atoms with Gasteiger partial charge < -0.3 is 123 Å². The van der Waals surface area contributed by atoms with Crippen molar-refractivity contribution < 1.29 is 87.9 Å². The van der Waals surface area contributed by atoms with Crippen LogP contribution in [0.4, 0.5) is 0 Å². The number of benzene rings is 2. The van der Waals surface area contributed by atoms with E-state index in [4.69, 9.17) is 44.6 Å². The lowest BCUT2D eigenvalue weighted by atomic mass is 9.99. The van der Waals surface area contributed by atoms with Gasteiger partial charge in [0.2, 0.25) is 65.0 Å². The Labute approximate surface area is 647 Å². The molecule has 0 bridgehead atoms. The largest absolute Gasteiger partial charge is 0.508 e. The quantitative estimate of drug-likeness (QED) is 0.0173. The lowest BCUT2D eigenvalue weighted by Crippen LogP contribution is -2.62. The Morgan fingerprint density at radius 3 is 1.07 bits per heavy atom. The zero-order valence-corrected chi connectivity index (χ0v) is 64.8. The molecule has 14 atom stereocenters. The van der Waals surface area contributed by atoms with Crippen LogP contribution in [0.1, 0.15) is 163 Å². The average Bonchev–Trinajstić information content (AvgIpc) is 0.848. The summed E-state index contributed by atoms with van der Waals surface area (Å²) in [4.78, 5) is 181. The van der Waals surface area contributed by atoms with Crippen LogP contribution in [0.3, 0.4) is 0 Å². The molecule has 0 unspecified atom stereocenters. The predicted octanol–water partition coefficient (Wildman–Crippen LogP) is -3.53. The van der Waals surface area contributed by atoms with E-state index in [9.17, 15) is 78.0 Å². The molecule has 0 aliphatic carbocycles. The molecule has 622 valence electrons. The number of carbonyl (C=O) groups is 13. The number of hydrogen-bond donors (Lipinski definition) is 25. The zero-order chi connectivity index (χ0) is 83.6. The Morgan fingerprint density at radius 1 is 0.378 bits per heavy atom. The summed E-state index contributed by atoms with van der Waals surface area (Å²) in [5, 5.41) is 99.9. The first-order valence-corrected chi connectivity index (χ1v) is 37.6. The molecular formula is C73H122N20O18. The van der Waals surface area contributed by atoms with Crippen LogP contribution >= 0.6 is 0 Å². The van der Waals surface area contributed by atoms with Crippen LogP contribution < -0.4 is 97.8 Å². The van der Waals surface area contributed by atoms with Crippen molar-refractivity contribution in [2.45, 2.75) is 249 Å². The van der Waals surface area contributed by atoms with Crippen molar-refractivity contribution in [3.63, 3.8) is 0 Å². The van der Waals surface area contributed by atoms with Gasteiger partial charge in [-0.1, -0.05) is 84.0 Å². The summed E-state index contributed by atoms with van der Waals surface area (Å²) in [6.07, 6.45) is -3.32. The van der Waals surface area contributed by atoms with E-state index in [2.05, 4.69) is 69.1 Å². The van der Waals surface area contributed by atoms with Crippen molar-refractivity contribution in [3.05, 3.63) is 65.7 Å². The molecule has 38 nitrogen and oxygen atoms in total. The van der Waals surface area contributed by atoms with Crippen molar-refractivity contribution in [3.8, 4) is 5.75 Å². The van der Waals surface area contributed by atoms with E-state index < -0.39 is 174 Å². The summed E-state index contributed by atoms with van der Waals surface area (Å²) in [7, 11) is 0. The Balaban J connectivity index is 2.62. The Hall–Kier alpha value is -10.3. The molecule has 2 aromatic carbocycles. The highest BCUT2D eigenvalue weighted by Gasteiger charge is 2.39. The number of guanidine groups is 2. The molecule has 30 N–H and O–H groups in total. The summed E-state index contributed by atoms with van der Waals surface area (Å²) in [6, 6.07) is -4.12. The Morgan fingerprint density at radius 2 is 0.694 bits per heavy atom. The van der Waals surface area contributed by atoms with Crippen molar-refractivity contribution in [1.29, 1.82) is 10.8 Å². The maximum Gasteiger partial charge on any atom is 0.326 e. The molecule has 0 saturated heterocycles. The van der Waals surface area contributed by atoms with Gasteiger partial charge in [0.15, 0.2) is 11.9 Å². The predicted molar refractivity (Wildman–Crippen MR) is 412 cm³/mol. The van der Waals surface area contributed by atoms with Crippen LogP contribution in [0.2, 0.25) is 0 Å². The number of amides is 11. The van der Waals surface area contributed by atoms with Gasteiger partial charge in [-0.2, -0.15) is 0 Å². The highest BCUT2D eigenvalue weighted by molar-refractivity contribution is 6.00. The molecule has 38 heteroatoms. The number of aliphatic hydroxyl groups is 2. The summed E-state index contributed by atoms with van der Waals surface area (Å²) in [6.45, 7) is 13.5. The first kappa shape index (κ1) is 96.8. The maximum absolute atomic E-state index is 15.0. The van der Waals surface area contributed by atoms with Gasteiger partial charge in [-0.25, -0.2) is 4.79 Å². The molecule has 0 aliphatic rings. The molecule has 2 rings (SSSR count). The number of nitrogens with one attached hydrogen (secondary N) is 15. The van der Waals surface area contributed by atoms with Crippen molar-refractivity contribution >= 4 is 88.8 Å². The number of hydrogen-bond acceptors (Lipinski definition) is 21. The zero-order valence-electron chi connectivity index (χ0n) is 64.8. The van der Waals surface area contributed by atoms with Crippen LogP contribution in [0, 0.1) is 28.6 Å².